The van der Waals surface area contributed by atoms with Gasteiger partial charge in [0.2, 0.25) is 5.91 Å². The van der Waals surface area contributed by atoms with Crippen LogP contribution in [0.1, 0.15) is 30.4 Å². The number of carbonyl (C=O) groups excluding carboxylic acids is 2. The van der Waals surface area contributed by atoms with E-state index in [9.17, 15) is 14.7 Å². The van der Waals surface area contributed by atoms with E-state index in [0.29, 0.717) is 5.13 Å². The maximum Gasteiger partial charge on any atom is 0.230 e. The Bertz CT molecular complexity index is 876. The summed E-state index contributed by atoms with van der Waals surface area (Å²) in [4.78, 5) is 28.7. The van der Waals surface area contributed by atoms with Crippen molar-refractivity contribution in [3.8, 4) is 11.3 Å². The van der Waals surface area contributed by atoms with Gasteiger partial charge in [-0.1, -0.05) is 12.1 Å². The zero-order valence-electron chi connectivity index (χ0n) is 14.8. The van der Waals surface area contributed by atoms with Gasteiger partial charge in [-0.25, -0.2) is 4.98 Å². The lowest BCUT2D eigenvalue weighted by molar-refractivity contribution is -0.314. The Morgan fingerprint density at radius 3 is 2.58 bits per heavy atom. The molecule has 0 radical (unpaired) electrons. The number of aliphatic carboxylic acids is 1. The summed E-state index contributed by atoms with van der Waals surface area (Å²) in [6.07, 6.45) is 2.64. The van der Waals surface area contributed by atoms with Crippen LogP contribution in [0.5, 0.6) is 0 Å². The van der Waals surface area contributed by atoms with Gasteiger partial charge in [-0.15, -0.1) is 11.3 Å². The lowest BCUT2D eigenvalue weighted by Gasteiger charge is -2.30. The van der Waals surface area contributed by atoms with Gasteiger partial charge in [0.15, 0.2) is 5.13 Å². The molecule has 0 saturated heterocycles. The summed E-state index contributed by atoms with van der Waals surface area (Å²) in [5, 5.41) is 16.8. The van der Waals surface area contributed by atoms with Crippen molar-refractivity contribution >= 4 is 28.3 Å². The molecule has 4 rings (SSSR count). The first kappa shape index (κ1) is 17.2. The topological polar surface area (TPSA) is 82.1 Å². The second-order valence-electron chi connectivity index (χ2n) is 7.53. The third kappa shape index (κ3) is 2.92. The van der Waals surface area contributed by atoms with Crippen molar-refractivity contribution in [1.29, 1.82) is 0 Å². The van der Waals surface area contributed by atoms with Gasteiger partial charge in [0.05, 0.1) is 5.69 Å². The van der Waals surface area contributed by atoms with Gasteiger partial charge in [0, 0.05) is 28.7 Å². The van der Waals surface area contributed by atoms with Crippen molar-refractivity contribution in [2.75, 3.05) is 5.32 Å². The second kappa shape index (κ2) is 6.50. The maximum atomic E-state index is 12.7. The minimum absolute atomic E-state index is 0.0862. The van der Waals surface area contributed by atoms with Crippen molar-refractivity contribution in [1.82, 2.24) is 4.98 Å². The summed E-state index contributed by atoms with van der Waals surface area (Å²) < 4.78 is 0. The summed E-state index contributed by atoms with van der Waals surface area (Å²) in [6.45, 7) is 4.12. The van der Waals surface area contributed by atoms with Gasteiger partial charge in [-0.05, 0) is 62.1 Å². The Labute approximate surface area is 156 Å². The van der Waals surface area contributed by atoms with E-state index in [0.717, 1.165) is 30.5 Å². The van der Waals surface area contributed by atoms with Gasteiger partial charge in [0.25, 0.3) is 0 Å². The molecular formula is C20H21N2O3S-. The number of anilines is 1. The van der Waals surface area contributed by atoms with Crippen LogP contribution in [-0.4, -0.2) is 16.9 Å². The molecule has 136 valence electrons. The van der Waals surface area contributed by atoms with Crippen LogP contribution in [0.3, 0.4) is 0 Å². The zero-order chi connectivity index (χ0) is 18.4. The van der Waals surface area contributed by atoms with Gasteiger partial charge in [-0.2, -0.15) is 0 Å². The summed E-state index contributed by atoms with van der Waals surface area (Å²) in [5.74, 6) is -2.23. The van der Waals surface area contributed by atoms with E-state index in [1.165, 1.54) is 22.5 Å². The molecule has 6 heteroatoms. The fourth-order valence-electron chi connectivity index (χ4n) is 4.56. The summed E-state index contributed by atoms with van der Waals surface area (Å²) in [6, 6.07) is 6.16. The monoisotopic (exact) mass is 369 g/mol. The average molecular weight is 369 g/mol. The minimum atomic E-state index is -1.09. The first-order valence-electron chi connectivity index (χ1n) is 8.99. The van der Waals surface area contributed by atoms with E-state index in [1.807, 2.05) is 11.4 Å². The van der Waals surface area contributed by atoms with E-state index >= 15 is 0 Å². The predicted octanol–water partition coefficient (Wildman–Crippen LogP) is 2.78. The molecule has 5 nitrogen and oxygen atoms in total. The molecule has 2 fully saturated rings. The van der Waals surface area contributed by atoms with Crippen LogP contribution < -0.4 is 10.4 Å². The Morgan fingerprint density at radius 2 is 1.88 bits per heavy atom. The number of nitrogens with zero attached hydrogens (tertiary/aromatic N) is 1. The van der Waals surface area contributed by atoms with Gasteiger partial charge >= 0.3 is 0 Å². The van der Waals surface area contributed by atoms with E-state index in [4.69, 9.17) is 0 Å². The Hall–Kier alpha value is -2.21. The maximum absolute atomic E-state index is 12.7. The third-order valence-electron chi connectivity index (χ3n) is 6.03. The summed E-state index contributed by atoms with van der Waals surface area (Å²) >= 11 is 1.37. The largest absolute Gasteiger partial charge is 0.550 e. The van der Waals surface area contributed by atoms with Gasteiger partial charge in [-0.3, -0.25) is 4.79 Å². The lowest BCUT2D eigenvalue weighted by atomic mass is 9.79. The van der Waals surface area contributed by atoms with E-state index in [1.54, 1.807) is 0 Å². The quantitative estimate of drug-likeness (QED) is 0.898. The van der Waals surface area contributed by atoms with E-state index in [2.05, 4.69) is 36.3 Å². The highest BCUT2D eigenvalue weighted by Gasteiger charge is 2.51. The van der Waals surface area contributed by atoms with Crippen LogP contribution in [0.4, 0.5) is 5.13 Å². The van der Waals surface area contributed by atoms with Crippen LogP contribution in [-0.2, 0) is 9.59 Å². The number of benzene rings is 1. The van der Waals surface area contributed by atoms with Crippen molar-refractivity contribution in [2.24, 2.45) is 23.7 Å². The molecule has 1 N–H and O–H groups in total. The second-order valence-corrected chi connectivity index (χ2v) is 8.39. The molecule has 1 heterocycles. The molecule has 2 bridgehead atoms. The highest BCUT2D eigenvalue weighted by molar-refractivity contribution is 7.14. The minimum Gasteiger partial charge on any atom is -0.550 e. The fraction of sp³-hybridized carbons (Fsp3) is 0.450. The number of rotatable bonds is 4. The number of hydrogen-bond acceptors (Lipinski definition) is 5. The Morgan fingerprint density at radius 1 is 1.15 bits per heavy atom. The van der Waals surface area contributed by atoms with E-state index in [-0.39, 0.29) is 17.7 Å². The average Bonchev–Trinajstić information content (AvgIpc) is 3.32. The third-order valence-corrected chi connectivity index (χ3v) is 6.79. The summed E-state index contributed by atoms with van der Waals surface area (Å²) in [5.41, 5.74) is 4.25. The highest BCUT2D eigenvalue weighted by Crippen LogP contribution is 2.52. The molecular weight excluding hydrogens is 348 g/mol. The molecule has 0 spiro atoms. The molecule has 2 aliphatic rings. The standard InChI is InChI=1S/C20H22N2O3S/c1-10-3-4-12(7-11(10)2)15-9-26-20(21-15)22-18(23)16-13-5-6-14(8-13)17(16)19(24)25/h3-4,7,9,13-14,16-17H,5-6,8H2,1-2H3,(H,24,25)(H,21,22,23)/p-1/t13-,14+,16+,17+/m1/s1. The lowest BCUT2D eigenvalue weighted by Crippen LogP contribution is -2.43. The van der Waals surface area contributed by atoms with Gasteiger partial charge in [0.1, 0.15) is 0 Å². The molecule has 2 aliphatic carbocycles. The molecule has 1 amide bonds. The van der Waals surface area contributed by atoms with Crippen LogP contribution in [0, 0.1) is 37.5 Å². The molecule has 4 atom stereocenters. The molecule has 0 unspecified atom stereocenters. The normalized spacial score (nSPS) is 26.8. The predicted molar refractivity (Wildman–Crippen MR) is 98.5 cm³/mol. The molecule has 1 aromatic carbocycles. The zero-order valence-corrected chi connectivity index (χ0v) is 15.6. The van der Waals surface area contributed by atoms with Gasteiger partial charge < -0.3 is 15.2 Å². The molecule has 26 heavy (non-hydrogen) atoms. The van der Waals surface area contributed by atoms with Crippen molar-refractivity contribution < 1.29 is 14.7 Å². The Kier molecular flexibility index (Phi) is 4.31. The van der Waals surface area contributed by atoms with Crippen LogP contribution in [0.25, 0.3) is 11.3 Å². The number of aromatic nitrogens is 1. The Balaban J connectivity index is 1.51. The number of hydrogen-bond donors (Lipinski definition) is 1. The fourth-order valence-corrected chi connectivity index (χ4v) is 5.28. The first-order valence-corrected chi connectivity index (χ1v) is 9.87. The van der Waals surface area contributed by atoms with Crippen molar-refractivity contribution in [2.45, 2.75) is 33.1 Å². The number of nitrogens with one attached hydrogen (secondary N) is 1. The highest BCUT2D eigenvalue weighted by atomic mass is 32.1. The number of carboxylic acid groups (broad SMARTS) is 1. The molecule has 2 saturated carbocycles. The molecule has 2 aromatic rings. The SMILES string of the molecule is Cc1ccc(-c2csc(NC(=O)[C@H]3[C@@H]4CC[C@@H](C4)[C@@H]3C(=O)[O-])n2)cc1C. The number of thiazole rings is 1. The smallest absolute Gasteiger partial charge is 0.230 e. The first-order chi connectivity index (χ1) is 12.4. The van der Waals surface area contributed by atoms with Crippen molar-refractivity contribution in [3.63, 3.8) is 0 Å². The van der Waals surface area contributed by atoms with Crippen LogP contribution >= 0.6 is 11.3 Å². The number of amides is 1. The van der Waals surface area contributed by atoms with Crippen LogP contribution in [0.15, 0.2) is 23.6 Å². The van der Waals surface area contributed by atoms with Crippen molar-refractivity contribution in [3.05, 3.63) is 34.7 Å². The summed E-state index contributed by atoms with van der Waals surface area (Å²) in [7, 11) is 0. The number of carbonyl (C=O) groups is 2. The molecule has 1 aromatic heterocycles. The number of aryl methyl sites for hydroxylation is 2. The molecule has 0 aliphatic heterocycles. The number of fused-ring (bicyclic) bond motifs is 2. The number of carboxylic acids is 1. The van der Waals surface area contributed by atoms with Crippen LogP contribution in [0.2, 0.25) is 0 Å². The van der Waals surface area contributed by atoms with E-state index < -0.39 is 17.8 Å².